The molecule has 3 heterocycles. The van der Waals surface area contributed by atoms with E-state index >= 15 is 0 Å². The monoisotopic (exact) mass is 486 g/mol. The molecular formula is C20H18ClF3N4O3S. The zero-order valence-corrected chi connectivity index (χ0v) is 18.4. The predicted octanol–water partition coefficient (Wildman–Crippen LogP) is 5.53. The number of rotatable bonds is 5. The molecule has 170 valence electrons. The Morgan fingerprint density at radius 1 is 1.31 bits per heavy atom. The number of nitrogens with zero attached hydrogens (tertiary/aromatic N) is 2. The van der Waals surface area contributed by atoms with Gasteiger partial charge in [0.25, 0.3) is 5.91 Å². The van der Waals surface area contributed by atoms with E-state index in [0.29, 0.717) is 5.75 Å². The molecule has 7 nitrogen and oxygen atoms in total. The molecule has 0 spiro atoms. The minimum absolute atomic E-state index is 0.00521. The summed E-state index contributed by atoms with van der Waals surface area (Å²) in [4.78, 5) is 13.8. The van der Waals surface area contributed by atoms with Crippen molar-refractivity contribution >= 4 is 40.4 Å². The van der Waals surface area contributed by atoms with E-state index in [-0.39, 0.29) is 34.3 Å². The Labute approximate surface area is 190 Å². The normalized spacial score (nSPS) is 17.9. The van der Waals surface area contributed by atoms with E-state index in [0.717, 1.165) is 15.8 Å². The van der Waals surface area contributed by atoms with Crippen LogP contribution in [0.4, 0.5) is 24.7 Å². The zero-order valence-electron chi connectivity index (χ0n) is 16.9. The van der Waals surface area contributed by atoms with Crippen LogP contribution in [0.25, 0.3) is 0 Å². The molecule has 12 heteroatoms. The van der Waals surface area contributed by atoms with Crippen molar-refractivity contribution in [3.8, 4) is 11.5 Å². The van der Waals surface area contributed by atoms with Crippen molar-refractivity contribution in [2.24, 2.45) is 0 Å². The SMILES string of the molecule is COc1cc(NC(=O)c2cnn3c2N[C@@H](c2cccs2)C[C@H]3C(F)(F)F)c(OC)cc1Cl. The lowest BCUT2D eigenvalue weighted by molar-refractivity contribution is -0.173. The van der Waals surface area contributed by atoms with E-state index in [1.54, 1.807) is 17.5 Å². The average molecular weight is 487 g/mol. The topological polar surface area (TPSA) is 77.4 Å². The summed E-state index contributed by atoms with van der Waals surface area (Å²) in [7, 11) is 2.82. The second-order valence-corrected chi connectivity index (χ2v) is 8.38. The van der Waals surface area contributed by atoms with E-state index in [4.69, 9.17) is 21.1 Å². The number of alkyl halides is 3. The number of nitrogens with one attached hydrogen (secondary N) is 2. The molecule has 2 atom stereocenters. The highest BCUT2D eigenvalue weighted by atomic mass is 35.5. The van der Waals surface area contributed by atoms with Gasteiger partial charge in [0.05, 0.1) is 37.2 Å². The molecule has 0 unspecified atom stereocenters. The highest BCUT2D eigenvalue weighted by molar-refractivity contribution is 7.10. The molecule has 1 amide bonds. The van der Waals surface area contributed by atoms with Gasteiger partial charge in [-0.3, -0.25) is 4.79 Å². The van der Waals surface area contributed by atoms with Crippen LogP contribution in [0.1, 0.15) is 33.7 Å². The summed E-state index contributed by atoms with van der Waals surface area (Å²) in [6.45, 7) is 0. The Morgan fingerprint density at radius 2 is 2.06 bits per heavy atom. The van der Waals surface area contributed by atoms with E-state index in [1.165, 1.54) is 37.7 Å². The number of carbonyl (C=O) groups is 1. The number of amides is 1. The van der Waals surface area contributed by atoms with Crippen LogP contribution < -0.4 is 20.1 Å². The van der Waals surface area contributed by atoms with Gasteiger partial charge in [-0.15, -0.1) is 11.3 Å². The minimum Gasteiger partial charge on any atom is -0.495 e. The molecule has 1 aromatic carbocycles. The summed E-state index contributed by atoms with van der Waals surface area (Å²) in [6, 6.07) is 3.99. The van der Waals surface area contributed by atoms with Crippen LogP contribution in [0.5, 0.6) is 11.5 Å². The first kappa shape index (κ1) is 22.3. The number of ether oxygens (including phenoxy) is 2. The average Bonchev–Trinajstić information content (AvgIpc) is 3.43. The summed E-state index contributed by atoms with van der Waals surface area (Å²) in [5.74, 6) is -0.0980. The highest BCUT2D eigenvalue weighted by Gasteiger charge is 2.47. The van der Waals surface area contributed by atoms with Crippen LogP contribution in [-0.2, 0) is 0 Å². The number of hydrogen-bond acceptors (Lipinski definition) is 6. The lowest BCUT2D eigenvalue weighted by atomic mass is 10.0. The maximum Gasteiger partial charge on any atom is 0.410 e. The third-order valence-electron chi connectivity index (χ3n) is 5.09. The molecule has 3 aromatic rings. The van der Waals surface area contributed by atoms with Crippen molar-refractivity contribution < 1.29 is 27.4 Å². The van der Waals surface area contributed by atoms with Crippen LogP contribution in [0.2, 0.25) is 5.02 Å². The zero-order chi connectivity index (χ0) is 23.0. The Bertz CT molecular complexity index is 1130. The number of carbonyl (C=O) groups excluding carboxylic acids is 1. The Morgan fingerprint density at radius 3 is 2.69 bits per heavy atom. The van der Waals surface area contributed by atoms with E-state index < -0.39 is 24.2 Å². The van der Waals surface area contributed by atoms with Gasteiger partial charge in [-0.25, -0.2) is 4.68 Å². The van der Waals surface area contributed by atoms with Gasteiger partial charge < -0.3 is 20.1 Å². The standard InChI is InChI=1S/C20H18ClF3N4O3S/c1-30-14-7-12(15(31-2)6-11(14)21)27-19(29)10-9-25-28-17(20(22,23)24)8-13(26-18(10)28)16-4-3-5-32-16/h3-7,9,13,17,26H,8H2,1-2H3,(H,27,29)/t13-,17+/m1/s1. The molecular weight excluding hydrogens is 469 g/mol. The van der Waals surface area contributed by atoms with Crippen molar-refractivity contribution in [2.75, 3.05) is 24.9 Å². The van der Waals surface area contributed by atoms with Crippen molar-refractivity contribution in [1.82, 2.24) is 9.78 Å². The molecule has 0 bridgehead atoms. The van der Waals surface area contributed by atoms with Gasteiger partial charge in [-0.05, 0) is 11.4 Å². The number of hydrogen-bond donors (Lipinski definition) is 2. The number of benzene rings is 1. The molecule has 2 aromatic heterocycles. The van der Waals surface area contributed by atoms with Crippen LogP contribution >= 0.6 is 22.9 Å². The summed E-state index contributed by atoms with van der Waals surface area (Å²) >= 11 is 7.43. The van der Waals surface area contributed by atoms with Crippen molar-refractivity contribution in [1.29, 1.82) is 0 Å². The lowest BCUT2D eigenvalue weighted by Gasteiger charge is -2.33. The smallest absolute Gasteiger partial charge is 0.410 e. The molecule has 0 saturated heterocycles. The largest absolute Gasteiger partial charge is 0.495 e. The number of fused-ring (bicyclic) bond motifs is 1. The maximum absolute atomic E-state index is 13.8. The molecule has 32 heavy (non-hydrogen) atoms. The second kappa shape index (κ2) is 8.55. The van der Waals surface area contributed by atoms with Gasteiger partial charge in [0.15, 0.2) is 6.04 Å². The fourth-order valence-corrected chi connectivity index (χ4v) is 4.57. The summed E-state index contributed by atoms with van der Waals surface area (Å²) < 4.78 is 52.6. The van der Waals surface area contributed by atoms with Crippen LogP contribution in [0.15, 0.2) is 35.8 Å². The quantitative estimate of drug-likeness (QED) is 0.496. The second-order valence-electron chi connectivity index (χ2n) is 7.00. The molecule has 2 N–H and O–H groups in total. The van der Waals surface area contributed by atoms with Crippen LogP contribution in [0.3, 0.4) is 0 Å². The summed E-state index contributed by atoms with van der Waals surface area (Å²) in [6.07, 6.45) is -3.65. The van der Waals surface area contributed by atoms with Gasteiger partial charge in [-0.1, -0.05) is 17.7 Å². The molecule has 1 aliphatic heterocycles. The molecule has 0 radical (unpaired) electrons. The first-order valence-corrected chi connectivity index (χ1v) is 10.7. The van der Waals surface area contributed by atoms with E-state index in [1.807, 2.05) is 0 Å². The number of thiophene rings is 1. The molecule has 4 rings (SSSR count). The number of methoxy groups -OCH3 is 2. The van der Waals surface area contributed by atoms with Gasteiger partial charge in [0, 0.05) is 23.4 Å². The summed E-state index contributed by atoms with van der Waals surface area (Å²) in [5.41, 5.74) is 0.216. The van der Waals surface area contributed by atoms with Crippen molar-refractivity contribution in [3.05, 3.63) is 51.3 Å². The van der Waals surface area contributed by atoms with Crippen molar-refractivity contribution in [3.63, 3.8) is 0 Å². The molecule has 1 aliphatic rings. The van der Waals surface area contributed by atoms with Gasteiger partial charge in [0.1, 0.15) is 22.9 Å². The Balaban J connectivity index is 1.70. The molecule has 0 saturated carbocycles. The highest BCUT2D eigenvalue weighted by Crippen LogP contribution is 2.45. The van der Waals surface area contributed by atoms with Gasteiger partial charge in [0.2, 0.25) is 0 Å². The summed E-state index contributed by atoms with van der Waals surface area (Å²) in [5, 5.41) is 11.6. The fraction of sp³-hybridized carbons (Fsp3) is 0.300. The van der Waals surface area contributed by atoms with E-state index in [9.17, 15) is 18.0 Å². The van der Waals surface area contributed by atoms with Crippen LogP contribution in [0, 0.1) is 0 Å². The lowest BCUT2D eigenvalue weighted by Crippen LogP contribution is -2.36. The first-order valence-electron chi connectivity index (χ1n) is 9.40. The molecule has 0 fully saturated rings. The maximum atomic E-state index is 13.8. The van der Waals surface area contributed by atoms with Gasteiger partial charge >= 0.3 is 6.18 Å². The predicted molar refractivity (Wildman–Crippen MR) is 115 cm³/mol. The van der Waals surface area contributed by atoms with Crippen molar-refractivity contribution in [2.45, 2.75) is 24.7 Å². The first-order chi connectivity index (χ1) is 15.2. The Hall–Kier alpha value is -2.92. The Kier molecular flexibility index (Phi) is 5.95. The number of aromatic nitrogens is 2. The third kappa shape index (κ3) is 4.09. The van der Waals surface area contributed by atoms with Gasteiger partial charge in [-0.2, -0.15) is 18.3 Å². The minimum atomic E-state index is -4.53. The number of anilines is 2. The van der Waals surface area contributed by atoms with Crippen LogP contribution in [-0.4, -0.2) is 36.1 Å². The third-order valence-corrected chi connectivity index (χ3v) is 6.37. The molecule has 0 aliphatic carbocycles. The number of halogens is 4. The van der Waals surface area contributed by atoms with E-state index in [2.05, 4.69) is 15.7 Å². The fourth-order valence-electron chi connectivity index (χ4n) is 3.55.